The molecule has 0 spiro atoms. The quantitative estimate of drug-likeness (QED) is 0.0722. The van der Waals surface area contributed by atoms with Crippen molar-refractivity contribution in [3.8, 4) is 6.01 Å². The van der Waals surface area contributed by atoms with E-state index in [1.54, 1.807) is 25.1 Å². The first-order valence-electron chi connectivity index (χ1n) is 13.9. The largest absolute Gasteiger partial charge is 1.00 e. The van der Waals surface area contributed by atoms with Crippen LogP contribution in [0.5, 0.6) is 6.01 Å². The molecule has 0 bridgehead atoms. The minimum absolute atomic E-state index is 0. The molecular weight excluding hydrogens is 652 g/mol. The van der Waals surface area contributed by atoms with Crippen LogP contribution in [0.4, 0.5) is 52.5 Å². The van der Waals surface area contributed by atoms with Crippen molar-refractivity contribution in [3.05, 3.63) is 95.2 Å². The molecule has 16 nitrogen and oxygen atoms in total. The number of carbonyl (C=O) groups excluding carboxylic acids is 2. The average Bonchev–Trinajstić information content (AvgIpc) is 2.99. The molecule has 0 aliphatic rings. The van der Waals surface area contributed by atoms with Gasteiger partial charge >= 0.3 is 65.1 Å². The molecule has 0 aliphatic heterocycles. The standard InChI is InChI=1S/C31H29N11O5.2Na/c1-15(2)32-26-37-27(33-20-9-5-7-18(13-20)24(43)44)39-29(38-26)35-22-11-17(4)23(12-16(22)3)36-30-40-28(41-31(47)42-30)34-21-10-6-8-19(14-21)25(45)46;;/h5-14H,1H2,2-4H3,(H,43,44)(H,45,46)(H3,32,33,35,37,38,39)(H3,34,36,40,41,42,47);;/q;2*+1/p-2. The number of allylic oxidation sites excluding steroid dienone is 1. The molecule has 0 unspecified atom stereocenters. The Hall–Kier alpha value is -4.84. The van der Waals surface area contributed by atoms with Gasteiger partial charge in [-0.25, -0.2) is 0 Å². The molecule has 0 atom stereocenters. The van der Waals surface area contributed by atoms with Crippen LogP contribution in [0.1, 0.15) is 38.8 Å². The van der Waals surface area contributed by atoms with Gasteiger partial charge < -0.3 is 51.5 Å². The number of hydrogen-bond donors (Lipinski definition) is 6. The van der Waals surface area contributed by atoms with E-state index in [9.17, 15) is 24.9 Å². The smallest absolute Gasteiger partial charge is 0.545 e. The molecule has 0 radical (unpaired) electrons. The number of nitrogens with zero attached hydrogens (tertiary/aromatic N) is 6. The first-order valence-corrected chi connectivity index (χ1v) is 13.9. The third-order valence-corrected chi connectivity index (χ3v) is 6.36. The summed E-state index contributed by atoms with van der Waals surface area (Å²) >= 11 is 0. The van der Waals surface area contributed by atoms with E-state index in [0.29, 0.717) is 28.4 Å². The Morgan fingerprint density at radius 1 is 0.633 bits per heavy atom. The molecule has 6 N–H and O–H groups in total. The van der Waals surface area contributed by atoms with Crippen LogP contribution >= 0.6 is 0 Å². The Balaban J connectivity index is 0.00000325. The van der Waals surface area contributed by atoms with E-state index >= 15 is 0 Å². The van der Waals surface area contributed by atoms with Gasteiger partial charge in [-0.3, -0.25) is 0 Å². The molecule has 3 aromatic carbocycles. The molecule has 0 fully saturated rings. The van der Waals surface area contributed by atoms with Crippen LogP contribution in [-0.2, 0) is 0 Å². The van der Waals surface area contributed by atoms with Crippen molar-refractivity contribution in [2.75, 3.05) is 26.6 Å². The van der Waals surface area contributed by atoms with Crippen LogP contribution < -0.4 is 95.9 Å². The molecule has 0 saturated carbocycles. The maximum atomic E-state index is 11.3. The Morgan fingerprint density at radius 2 is 1.02 bits per heavy atom. The maximum Gasteiger partial charge on any atom is 1.00 e. The Bertz CT molecular complexity index is 2030. The second-order valence-corrected chi connectivity index (χ2v) is 10.2. The minimum Gasteiger partial charge on any atom is -0.545 e. The molecule has 0 aliphatic carbocycles. The number of aromatic nitrogens is 6. The number of carboxylic acid groups (broad SMARTS) is 2. The number of anilines is 9. The van der Waals surface area contributed by atoms with Gasteiger partial charge in [-0.1, -0.05) is 30.8 Å². The minimum atomic E-state index is -1.34. The van der Waals surface area contributed by atoms with Crippen molar-refractivity contribution in [1.82, 2.24) is 29.9 Å². The van der Waals surface area contributed by atoms with Gasteiger partial charge in [-0.2, -0.15) is 29.9 Å². The van der Waals surface area contributed by atoms with Gasteiger partial charge in [-0.05, 0) is 79.4 Å². The first-order chi connectivity index (χ1) is 22.4. The van der Waals surface area contributed by atoms with E-state index in [1.807, 2.05) is 26.0 Å². The van der Waals surface area contributed by atoms with E-state index in [0.717, 1.165) is 11.1 Å². The summed E-state index contributed by atoms with van der Waals surface area (Å²) < 4.78 is 0. The number of aromatic hydroxyl groups is 1. The number of nitrogens with one attached hydrogen (secondary N) is 5. The Kier molecular flexibility index (Phi) is 13.4. The first kappa shape index (κ1) is 38.6. The monoisotopic (exact) mass is 679 g/mol. The van der Waals surface area contributed by atoms with Crippen LogP contribution in [-0.4, -0.2) is 46.9 Å². The van der Waals surface area contributed by atoms with E-state index in [4.69, 9.17) is 0 Å². The Morgan fingerprint density at radius 3 is 1.45 bits per heavy atom. The summed E-state index contributed by atoms with van der Waals surface area (Å²) in [7, 11) is 0. The van der Waals surface area contributed by atoms with Crippen molar-refractivity contribution >= 4 is 64.4 Å². The fourth-order valence-corrected chi connectivity index (χ4v) is 4.24. The number of carbonyl (C=O) groups is 2. The van der Waals surface area contributed by atoms with Crippen molar-refractivity contribution in [2.24, 2.45) is 0 Å². The molecule has 5 rings (SSSR count). The van der Waals surface area contributed by atoms with Gasteiger partial charge in [0.2, 0.25) is 29.7 Å². The molecule has 2 heterocycles. The summed E-state index contributed by atoms with van der Waals surface area (Å²) in [5.41, 5.74) is 4.17. The molecule has 0 saturated heterocycles. The summed E-state index contributed by atoms with van der Waals surface area (Å²) in [6.07, 6.45) is 0. The zero-order chi connectivity index (χ0) is 33.7. The molecule has 2 aromatic heterocycles. The van der Waals surface area contributed by atoms with E-state index in [-0.39, 0.29) is 100.0 Å². The van der Waals surface area contributed by atoms with Gasteiger partial charge in [0.15, 0.2) is 0 Å². The molecule has 18 heteroatoms. The van der Waals surface area contributed by atoms with E-state index in [2.05, 4.69) is 63.1 Å². The number of aryl methyl sites for hydroxylation is 2. The van der Waals surface area contributed by atoms with Gasteiger partial charge in [0.05, 0.1) is 11.9 Å². The van der Waals surface area contributed by atoms with Crippen LogP contribution in [0.25, 0.3) is 0 Å². The van der Waals surface area contributed by atoms with Crippen LogP contribution in [0.3, 0.4) is 0 Å². The van der Waals surface area contributed by atoms with Crippen molar-refractivity contribution in [2.45, 2.75) is 20.8 Å². The molecular formula is C31H27N11Na2O5. The van der Waals surface area contributed by atoms with Gasteiger partial charge in [0, 0.05) is 28.4 Å². The summed E-state index contributed by atoms with van der Waals surface area (Å²) in [5, 5.41) is 47.7. The van der Waals surface area contributed by atoms with Gasteiger partial charge in [-0.15, -0.1) is 0 Å². The topological polar surface area (TPSA) is 238 Å². The number of rotatable bonds is 12. The van der Waals surface area contributed by atoms with Crippen molar-refractivity contribution < 1.29 is 84.0 Å². The third-order valence-electron chi connectivity index (χ3n) is 6.36. The van der Waals surface area contributed by atoms with Crippen LogP contribution in [0, 0.1) is 13.8 Å². The zero-order valence-corrected chi connectivity index (χ0v) is 31.2. The van der Waals surface area contributed by atoms with Crippen molar-refractivity contribution in [3.63, 3.8) is 0 Å². The summed E-state index contributed by atoms with van der Waals surface area (Å²) in [4.78, 5) is 47.8. The fraction of sp³-hybridized carbons (Fsp3) is 0.0968. The molecule has 49 heavy (non-hydrogen) atoms. The summed E-state index contributed by atoms with van der Waals surface area (Å²) in [5.74, 6) is -2.11. The van der Waals surface area contributed by atoms with E-state index < -0.39 is 17.9 Å². The predicted octanol–water partition coefficient (Wildman–Crippen LogP) is -2.97. The van der Waals surface area contributed by atoms with Gasteiger partial charge in [0.25, 0.3) is 0 Å². The summed E-state index contributed by atoms with van der Waals surface area (Å²) in [6, 6.07) is 15.0. The average molecular weight is 680 g/mol. The number of aromatic carboxylic acids is 2. The second kappa shape index (κ2) is 17.0. The maximum absolute atomic E-state index is 11.3. The molecule has 5 aromatic rings. The van der Waals surface area contributed by atoms with E-state index in [1.165, 1.54) is 30.3 Å². The fourth-order valence-electron chi connectivity index (χ4n) is 4.24. The number of hydrogen-bond acceptors (Lipinski definition) is 16. The summed E-state index contributed by atoms with van der Waals surface area (Å²) in [6.45, 7) is 9.27. The molecule has 238 valence electrons. The second-order valence-electron chi connectivity index (χ2n) is 10.2. The SMILES string of the molecule is C=C(C)Nc1nc(Nc2cccc(C(=O)[O-])c2)nc(Nc2cc(C)c(Nc3nc(O)nc(Nc4cccc(C(=O)[O-])c4)n3)cc2C)n1.[Na+].[Na+]. The number of benzene rings is 3. The molecule has 0 amide bonds. The van der Waals surface area contributed by atoms with Crippen LogP contribution in [0.15, 0.2) is 72.9 Å². The van der Waals surface area contributed by atoms with Gasteiger partial charge in [0.1, 0.15) is 0 Å². The van der Waals surface area contributed by atoms with Crippen LogP contribution in [0.2, 0.25) is 0 Å². The third kappa shape index (κ3) is 10.6. The zero-order valence-electron chi connectivity index (χ0n) is 27.2. The normalized spacial score (nSPS) is 10.1. The van der Waals surface area contributed by atoms with Crippen molar-refractivity contribution in [1.29, 1.82) is 0 Å². The predicted molar refractivity (Wildman–Crippen MR) is 170 cm³/mol. The Labute approximate surface area is 324 Å². The number of carboxylic acids is 2.